The fourth-order valence-electron chi connectivity index (χ4n) is 1.61. The van der Waals surface area contributed by atoms with E-state index in [2.05, 4.69) is 25.6 Å². The molecule has 1 heterocycles. The number of nitrogens with zero attached hydrogens (tertiary/aromatic N) is 4. The molecule has 120 valence electrons. The van der Waals surface area contributed by atoms with Gasteiger partial charge in [0, 0.05) is 26.2 Å². The molecule has 0 saturated heterocycles. The van der Waals surface area contributed by atoms with Crippen LogP contribution in [0.5, 0.6) is 0 Å². The number of hydrogen-bond donors (Lipinski definition) is 3. The highest BCUT2D eigenvalue weighted by molar-refractivity contribution is 5.43. The van der Waals surface area contributed by atoms with Gasteiger partial charge in [0.05, 0.1) is 0 Å². The van der Waals surface area contributed by atoms with Crippen LogP contribution < -0.4 is 15.5 Å². The molecule has 0 fully saturated rings. The third-order valence-corrected chi connectivity index (χ3v) is 2.76. The second-order valence-corrected chi connectivity index (χ2v) is 4.27. The summed E-state index contributed by atoms with van der Waals surface area (Å²) < 4.78 is 24.6. The maximum absolute atomic E-state index is 12.3. The summed E-state index contributed by atoms with van der Waals surface area (Å²) in [5.41, 5.74) is 0. The van der Waals surface area contributed by atoms with E-state index in [9.17, 15) is 8.78 Å². The molecule has 1 unspecified atom stereocenters. The zero-order valence-corrected chi connectivity index (χ0v) is 12.5. The molecule has 1 rings (SSSR count). The predicted octanol–water partition coefficient (Wildman–Crippen LogP) is 1.19. The molecule has 0 aliphatic rings. The Morgan fingerprint density at radius 1 is 1.05 bits per heavy atom. The number of anilines is 3. The normalized spacial score (nSPS) is 12.3. The average molecular weight is 304 g/mol. The van der Waals surface area contributed by atoms with Crippen LogP contribution in [0.15, 0.2) is 0 Å². The number of nitrogens with one attached hydrogen (secondary N) is 2. The van der Waals surface area contributed by atoms with Gasteiger partial charge in [-0.3, -0.25) is 0 Å². The molecule has 7 nitrogen and oxygen atoms in total. The standard InChI is InChI=1S/C12H22F2N6O/c1-4-15-10-17-11(16-7-8(21)9(13)14)19-12(18-10)20(5-2)6-3/h8-9,21H,4-7H2,1-3H3,(H2,15,16,17,18,19). The lowest BCUT2D eigenvalue weighted by atomic mass is 10.4. The van der Waals surface area contributed by atoms with Crippen molar-refractivity contribution in [2.45, 2.75) is 33.3 Å². The van der Waals surface area contributed by atoms with Crippen LogP contribution in [0.2, 0.25) is 0 Å². The van der Waals surface area contributed by atoms with Crippen molar-refractivity contribution >= 4 is 17.8 Å². The lowest BCUT2D eigenvalue weighted by molar-refractivity contribution is 0.00376. The maximum Gasteiger partial charge on any atom is 0.265 e. The van der Waals surface area contributed by atoms with E-state index in [0.29, 0.717) is 31.5 Å². The Balaban J connectivity index is 2.91. The number of halogens is 2. The average Bonchev–Trinajstić information content (AvgIpc) is 2.46. The summed E-state index contributed by atoms with van der Waals surface area (Å²) in [6.45, 7) is 7.55. The maximum atomic E-state index is 12.3. The van der Waals surface area contributed by atoms with Crippen LogP contribution in [-0.4, -0.2) is 58.8 Å². The van der Waals surface area contributed by atoms with E-state index < -0.39 is 12.5 Å². The number of alkyl halides is 2. The highest BCUT2D eigenvalue weighted by Crippen LogP contribution is 2.13. The van der Waals surface area contributed by atoms with Gasteiger partial charge in [0.25, 0.3) is 6.43 Å². The van der Waals surface area contributed by atoms with Crippen LogP contribution in [0.4, 0.5) is 26.6 Å². The predicted molar refractivity (Wildman–Crippen MR) is 78.1 cm³/mol. The van der Waals surface area contributed by atoms with Crippen LogP contribution in [-0.2, 0) is 0 Å². The van der Waals surface area contributed by atoms with Gasteiger partial charge in [0.2, 0.25) is 17.8 Å². The molecule has 1 atom stereocenters. The highest BCUT2D eigenvalue weighted by Gasteiger charge is 2.17. The molecule has 0 aliphatic carbocycles. The number of hydrogen-bond acceptors (Lipinski definition) is 7. The summed E-state index contributed by atoms with van der Waals surface area (Å²) in [7, 11) is 0. The fourth-order valence-corrected chi connectivity index (χ4v) is 1.61. The molecule has 0 bridgehead atoms. The monoisotopic (exact) mass is 304 g/mol. The summed E-state index contributed by atoms with van der Waals surface area (Å²) >= 11 is 0. The highest BCUT2D eigenvalue weighted by atomic mass is 19.3. The lowest BCUT2D eigenvalue weighted by Crippen LogP contribution is -2.29. The zero-order chi connectivity index (χ0) is 15.8. The van der Waals surface area contributed by atoms with Gasteiger partial charge in [-0.15, -0.1) is 0 Å². The van der Waals surface area contributed by atoms with Gasteiger partial charge in [0.15, 0.2) is 0 Å². The van der Waals surface area contributed by atoms with Gasteiger partial charge < -0.3 is 20.6 Å². The summed E-state index contributed by atoms with van der Waals surface area (Å²) in [4.78, 5) is 14.4. The Bertz CT molecular complexity index is 430. The molecule has 0 aromatic carbocycles. The van der Waals surface area contributed by atoms with E-state index in [1.54, 1.807) is 0 Å². The summed E-state index contributed by atoms with van der Waals surface area (Å²) in [6.07, 6.45) is -4.57. The molecule has 0 amide bonds. The molecule has 1 aromatic heterocycles. The minimum Gasteiger partial charge on any atom is -0.385 e. The second-order valence-electron chi connectivity index (χ2n) is 4.27. The molecule has 0 spiro atoms. The van der Waals surface area contributed by atoms with Crippen LogP contribution >= 0.6 is 0 Å². The quantitative estimate of drug-likeness (QED) is 0.631. The first-order chi connectivity index (χ1) is 10.0. The van der Waals surface area contributed by atoms with Crippen molar-refractivity contribution in [2.75, 3.05) is 41.7 Å². The minimum atomic E-state index is -2.81. The molecule has 0 aliphatic heterocycles. The summed E-state index contributed by atoms with van der Waals surface area (Å²) in [5.74, 6) is 0.978. The third-order valence-electron chi connectivity index (χ3n) is 2.76. The van der Waals surface area contributed by atoms with E-state index in [1.165, 1.54) is 0 Å². The van der Waals surface area contributed by atoms with Crippen molar-refractivity contribution in [1.82, 2.24) is 15.0 Å². The Kier molecular flexibility index (Phi) is 7.00. The minimum absolute atomic E-state index is 0.155. The van der Waals surface area contributed by atoms with Crippen molar-refractivity contribution in [2.24, 2.45) is 0 Å². The molecular formula is C12H22F2N6O. The molecule has 1 aromatic rings. The Labute approximate surface area is 122 Å². The number of aliphatic hydroxyl groups excluding tert-OH is 1. The largest absolute Gasteiger partial charge is 0.385 e. The van der Waals surface area contributed by atoms with E-state index in [0.717, 1.165) is 0 Å². The Hall–Kier alpha value is -1.77. The smallest absolute Gasteiger partial charge is 0.265 e. The molecule has 0 saturated carbocycles. The van der Waals surface area contributed by atoms with Crippen molar-refractivity contribution < 1.29 is 13.9 Å². The number of rotatable bonds is 9. The third kappa shape index (κ3) is 5.25. The van der Waals surface area contributed by atoms with Gasteiger partial charge >= 0.3 is 0 Å². The number of aliphatic hydroxyl groups is 1. The van der Waals surface area contributed by atoms with Crippen LogP contribution in [0, 0.1) is 0 Å². The Morgan fingerprint density at radius 2 is 1.62 bits per heavy atom. The number of aromatic nitrogens is 3. The summed E-state index contributed by atoms with van der Waals surface area (Å²) in [5, 5.41) is 14.7. The van der Waals surface area contributed by atoms with Crippen molar-refractivity contribution in [3.05, 3.63) is 0 Å². The zero-order valence-electron chi connectivity index (χ0n) is 12.5. The first-order valence-corrected chi connectivity index (χ1v) is 6.96. The molecule has 9 heteroatoms. The topological polar surface area (TPSA) is 86.2 Å². The first-order valence-electron chi connectivity index (χ1n) is 6.96. The van der Waals surface area contributed by atoms with Gasteiger partial charge in [0.1, 0.15) is 6.10 Å². The molecule has 21 heavy (non-hydrogen) atoms. The van der Waals surface area contributed by atoms with E-state index in [-0.39, 0.29) is 12.5 Å². The lowest BCUT2D eigenvalue weighted by Gasteiger charge is -2.20. The van der Waals surface area contributed by atoms with Gasteiger partial charge in [-0.1, -0.05) is 0 Å². The molecule has 3 N–H and O–H groups in total. The van der Waals surface area contributed by atoms with Gasteiger partial charge in [-0.25, -0.2) is 8.78 Å². The fraction of sp³-hybridized carbons (Fsp3) is 0.750. The van der Waals surface area contributed by atoms with Crippen molar-refractivity contribution in [3.8, 4) is 0 Å². The van der Waals surface area contributed by atoms with Crippen molar-refractivity contribution in [3.63, 3.8) is 0 Å². The Morgan fingerprint density at radius 3 is 2.10 bits per heavy atom. The van der Waals surface area contributed by atoms with Crippen LogP contribution in [0.25, 0.3) is 0 Å². The van der Waals surface area contributed by atoms with Gasteiger partial charge in [-0.05, 0) is 20.8 Å². The van der Waals surface area contributed by atoms with Crippen LogP contribution in [0.3, 0.4) is 0 Å². The van der Waals surface area contributed by atoms with E-state index in [4.69, 9.17) is 5.11 Å². The van der Waals surface area contributed by atoms with E-state index >= 15 is 0 Å². The van der Waals surface area contributed by atoms with Crippen molar-refractivity contribution in [1.29, 1.82) is 0 Å². The SMILES string of the molecule is CCNc1nc(NCC(O)C(F)F)nc(N(CC)CC)n1. The molecule has 0 radical (unpaired) electrons. The summed E-state index contributed by atoms with van der Waals surface area (Å²) in [6, 6.07) is 0. The first kappa shape index (κ1) is 17.3. The molecular weight excluding hydrogens is 282 g/mol. The van der Waals surface area contributed by atoms with Gasteiger partial charge in [-0.2, -0.15) is 15.0 Å². The van der Waals surface area contributed by atoms with E-state index in [1.807, 2.05) is 25.7 Å². The second kappa shape index (κ2) is 8.50. The van der Waals surface area contributed by atoms with Crippen LogP contribution in [0.1, 0.15) is 20.8 Å².